The van der Waals surface area contributed by atoms with Crippen LogP contribution in [-0.2, 0) is 9.53 Å². The number of hydrogen-bond donors (Lipinski definition) is 1. The molecule has 0 aliphatic carbocycles. The lowest BCUT2D eigenvalue weighted by atomic mass is 9.94. The molecule has 2 heterocycles. The number of amides is 3. The molecule has 0 radical (unpaired) electrons. The number of urea groups is 1. The van der Waals surface area contributed by atoms with Gasteiger partial charge in [0.15, 0.2) is 0 Å². The Morgan fingerprint density at radius 3 is 2.46 bits per heavy atom. The normalized spacial score (nSPS) is 18.6. The summed E-state index contributed by atoms with van der Waals surface area (Å²) in [4.78, 5) is 44.6. The second-order valence-corrected chi connectivity index (χ2v) is 9.22. The number of likely N-dealkylation sites (N-methyl/N-ethyl adjacent to an activating group) is 1. The van der Waals surface area contributed by atoms with E-state index in [1.165, 1.54) is 17.0 Å². The molecule has 0 spiro atoms. The van der Waals surface area contributed by atoms with Crippen molar-refractivity contribution >= 4 is 29.5 Å². The number of halogens is 2. The predicted molar refractivity (Wildman–Crippen MR) is 138 cm³/mol. The highest BCUT2D eigenvalue weighted by Crippen LogP contribution is 2.32. The standard InChI is InChI=1S/C27H30ClFN4O4/c1-3-33-22(17-31-12-14-32(15-13-31)25(34)20-10-5-6-11-21(20)28)23(26(35)37-4-2)24(30-27(33)36)18-8-7-9-19(29)16-18/h5-11,16,24H,3-4,12-15,17H2,1-2H3,(H,30,36)/t24-/m0/s1. The lowest BCUT2D eigenvalue weighted by Crippen LogP contribution is -2.53. The molecular formula is C27H30ClFN4O4. The van der Waals surface area contributed by atoms with Crippen molar-refractivity contribution in [3.05, 3.63) is 81.8 Å². The smallest absolute Gasteiger partial charge is 0.338 e. The van der Waals surface area contributed by atoms with Crippen molar-refractivity contribution in [2.45, 2.75) is 19.9 Å². The fourth-order valence-corrected chi connectivity index (χ4v) is 4.94. The van der Waals surface area contributed by atoms with E-state index in [9.17, 15) is 18.8 Å². The van der Waals surface area contributed by atoms with Gasteiger partial charge in [-0.2, -0.15) is 0 Å². The second kappa shape index (κ2) is 11.7. The molecule has 2 aliphatic heterocycles. The van der Waals surface area contributed by atoms with Crippen LogP contribution in [0, 0.1) is 5.82 Å². The molecule has 8 nitrogen and oxygen atoms in total. The number of rotatable bonds is 7. The van der Waals surface area contributed by atoms with Crippen molar-refractivity contribution < 1.29 is 23.5 Å². The Hall–Kier alpha value is -3.43. The first-order chi connectivity index (χ1) is 17.8. The SMILES string of the molecule is CCOC(=O)C1=C(CN2CCN(C(=O)c3ccccc3Cl)CC2)N(CC)C(=O)N[C@H]1c1cccc(F)c1. The monoisotopic (exact) mass is 528 g/mol. The van der Waals surface area contributed by atoms with E-state index >= 15 is 0 Å². The molecule has 2 aliphatic rings. The summed E-state index contributed by atoms with van der Waals surface area (Å²) in [6.07, 6.45) is 0. The molecule has 0 saturated carbocycles. The van der Waals surface area contributed by atoms with Crippen LogP contribution in [0.3, 0.4) is 0 Å². The Balaban J connectivity index is 1.60. The Bertz CT molecular complexity index is 1210. The van der Waals surface area contributed by atoms with Gasteiger partial charge in [-0.05, 0) is 43.7 Å². The average Bonchev–Trinajstić information content (AvgIpc) is 2.89. The van der Waals surface area contributed by atoms with Crippen LogP contribution >= 0.6 is 11.6 Å². The van der Waals surface area contributed by atoms with E-state index in [1.807, 2.05) is 6.92 Å². The van der Waals surface area contributed by atoms with Crippen LogP contribution in [0.5, 0.6) is 0 Å². The van der Waals surface area contributed by atoms with E-state index in [1.54, 1.807) is 48.2 Å². The van der Waals surface area contributed by atoms with E-state index in [-0.39, 0.29) is 24.1 Å². The molecule has 196 valence electrons. The average molecular weight is 529 g/mol. The van der Waals surface area contributed by atoms with Crippen molar-refractivity contribution in [3.63, 3.8) is 0 Å². The Morgan fingerprint density at radius 1 is 1.08 bits per heavy atom. The number of carbonyl (C=O) groups excluding carboxylic acids is 3. The first-order valence-electron chi connectivity index (χ1n) is 12.3. The van der Waals surface area contributed by atoms with Gasteiger partial charge in [-0.15, -0.1) is 0 Å². The van der Waals surface area contributed by atoms with Crippen LogP contribution in [0.25, 0.3) is 0 Å². The van der Waals surface area contributed by atoms with E-state index in [4.69, 9.17) is 16.3 Å². The molecule has 1 atom stereocenters. The zero-order valence-electron chi connectivity index (χ0n) is 20.9. The fraction of sp³-hybridized carbons (Fsp3) is 0.370. The topological polar surface area (TPSA) is 82.2 Å². The Morgan fingerprint density at radius 2 is 1.81 bits per heavy atom. The highest BCUT2D eigenvalue weighted by molar-refractivity contribution is 6.33. The molecule has 0 bridgehead atoms. The molecule has 1 fully saturated rings. The molecule has 1 saturated heterocycles. The third-order valence-corrected chi connectivity index (χ3v) is 6.90. The maximum Gasteiger partial charge on any atom is 0.338 e. The predicted octanol–water partition coefficient (Wildman–Crippen LogP) is 3.84. The van der Waals surface area contributed by atoms with Gasteiger partial charge in [-0.3, -0.25) is 14.6 Å². The van der Waals surface area contributed by atoms with Gasteiger partial charge >= 0.3 is 12.0 Å². The summed E-state index contributed by atoms with van der Waals surface area (Å²) in [5.74, 6) is -1.15. The molecule has 0 unspecified atom stereocenters. The molecule has 10 heteroatoms. The van der Waals surface area contributed by atoms with Crippen LogP contribution in [0.2, 0.25) is 5.02 Å². The lowest BCUT2D eigenvalue weighted by Gasteiger charge is -2.40. The van der Waals surface area contributed by atoms with Crippen molar-refractivity contribution in [1.82, 2.24) is 20.0 Å². The summed E-state index contributed by atoms with van der Waals surface area (Å²) >= 11 is 6.21. The third kappa shape index (κ3) is 5.78. The van der Waals surface area contributed by atoms with E-state index in [0.29, 0.717) is 61.1 Å². The molecule has 4 rings (SSSR count). The molecule has 0 aromatic heterocycles. The number of esters is 1. The fourth-order valence-electron chi connectivity index (χ4n) is 4.72. The Kier molecular flexibility index (Phi) is 8.45. The Labute approximate surface area is 220 Å². The number of nitrogens with zero attached hydrogens (tertiary/aromatic N) is 3. The summed E-state index contributed by atoms with van der Waals surface area (Å²) in [7, 11) is 0. The first-order valence-corrected chi connectivity index (χ1v) is 12.7. The second-order valence-electron chi connectivity index (χ2n) is 8.81. The first kappa shape index (κ1) is 26.6. The molecule has 3 amide bonds. The van der Waals surface area contributed by atoms with Crippen LogP contribution in [0.1, 0.15) is 35.8 Å². The number of carbonyl (C=O) groups is 3. The van der Waals surface area contributed by atoms with Crippen molar-refractivity contribution in [2.75, 3.05) is 45.9 Å². The van der Waals surface area contributed by atoms with E-state index in [2.05, 4.69) is 10.2 Å². The van der Waals surface area contributed by atoms with Gasteiger partial charge in [0, 0.05) is 45.0 Å². The highest BCUT2D eigenvalue weighted by Gasteiger charge is 2.38. The van der Waals surface area contributed by atoms with Gasteiger partial charge < -0.3 is 15.0 Å². The van der Waals surface area contributed by atoms with Crippen LogP contribution in [0.4, 0.5) is 9.18 Å². The maximum atomic E-state index is 14.1. The summed E-state index contributed by atoms with van der Waals surface area (Å²) in [6.45, 7) is 6.36. The van der Waals surface area contributed by atoms with Crippen molar-refractivity contribution in [2.24, 2.45) is 0 Å². The summed E-state index contributed by atoms with van der Waals surface area (Å²) in [6, 6.07) is 11.6. The number of nitrogens with one attached hydrogen (secondary N) is 1. The number of ether oxygens (including phenoxy) is 1. The molecule has 1 N–H and O–H groups in total. The molecule has 2 aromatic carbocycles. The van der Waals surface area contributed by atoms with Gasteiger partial charge in [0.05, 0.1) is 28.8 Å². The summed E-state index contributed by atoms with van der Waals surface area (Å²) in [5.41, 5.74) is 1.72. The lowest BCUT2D eigenvalue weighted by molar-refractivity contribution is -0.139. The quantitative estimate of drug-likeness (QED) is 0.552. The van der Waals surface area contributed by atoms with Crippen molar-refractivity contribution in [1.29, 1.82) is 0 Å². The van der Waals surface area contributed by atoms with E-state index in [0.717, 1.165) is 0 Å². The number of hydrogen-bond acceptors (Lipinski definition) is 5. The van der Waals surface area contributed by atoms with Crippen LogP contribution in [-0.4, -0.2) is 78.5 Å². The van der Waals surface area contributed by atoms with Crippen LogP contribution < -0.4 is 5.32 Å². The minimum atomic E-state index is -0.844. The molecule has 2 aromatic rings. The van der Waals surface area contributed by atoms with Gasteiger partial charge in [0.1, 0.15) is 5.82 Å². The molecular weight excluding hydrogens is 499 g/mol. The zero-order chi connectivity index (χ0) is 26.5. The minimum Gasteiger partial charge on any atom is -0.463 e. The zero-order valence-corrected chi connectivity index (χ0v) is 21.6. The van der Waals surface area contributed by atoms with E-state index < -0.39 is 17.8 Å². The molecule has 37 heavy (non-hydrogen) atoms. The third-order valence-electron chi connectivity index (χ3n) is 6.57. The maximum absolute atomic E-state index is 14.1. The van der Waals surface area contributed by atoms with Gasteiger partial charge in [-0.25, -0.2) is 14.0 Å². The summed E-state index contributed by atoms with van der Waals surface area (Å²) < 4.78 is 19.4. The van der Waals surface area contributed by atoms with Gasteiger partial charge in [-0.1, -0.05) is 35.9 Å². The van der Waals surface area contributed by atoms with Gasteiger partial charge in [0.25, 0.3) is 5.91 Å². The minimum absolute atomic E-state index is 0.130. The largest absolute Gasteiger partial charge is 0.463 e. The van der Waals surface area contributed by atoms with Crippen molar-refractivity contribution in [3.8, 4) is 0 Å². The van der Waals surface area contributed by atoms with Gasteiger partial charge in [0.2, 0.25) is 0 Å². The number of piperazine rings is 1. The summed E-state index contributed by atoms with van der Waals surface area (Å²) in [5, 5.41) is 3.25. The van der Waals surface area contributed by atoms with Crippen LogP contribution in [0.15, 0.2) is 59.8 Å². The highest BCUT2D eigenvalue weighted by atomic mass is 35.5. The number of benzene rings is 2.